The summed E-state index contributed by atoms with van der Waals surface area (Å²) in [6, 6.07) is 7.57. The highest BCUT2D eigenvalue weighted by Crippen LogP contribution is 2.24. The Morgan fingerprint density at radius 1 is 1.29 bits per heavy atom. The zero-order chi connectivity index (χ0) is 15.4. The Balaban J connectivity index is 2.14. The number of hydrogen-bond acceptors (Lipinski definition) is 4. The molecule has 0 bridgehead atoms. The Morgan fingerprint density at radius 3 is 2.67 bits per heavy atom. The maximum Gasteiger partial charge on any atom is 0.270 e. The van der Waals surface area contributed by atoms with E-state index >= 15 is 0 Å². The van der Waals surface area contributed by atoms with E-state index < -0.39 is 10.7 Å². The Bertz CT molecular complexity index is 705. The predicted octanol–water partition coefficient (Wildman–Crippen LogP) is 3.78. The zero-order valence-corrected chi connectivity index (χ0v) is 11.3. The highest BCUT2D eigenvalue weighted by Gasteiger charge is 2.10. The molecule has 0 aliphatic rings. The van der Waals surface area contributed by atoms with Crippen LogP contribution in [0.1, 0.15) is 15.9 Å². The summed E-state index contributed by atoms with van der Waals surface area (Å²) in [5.74, 6) is -0.420. The Hall–Kier alpha value is -2.47. The molecule has 5 nitrogen and oxygen atoms in total. The molecule has 2 rings (SSSR count). The van der Waals surface area contributed by atoms with Gasteiger partial charge < -0.3 is 4.74 Å². The Morgan fingerprint density at radius 2 is 2.05 bits per heavy atom. The lowest BCUT2D eigenvalue weighted by Crippen LogP contribution is -1.98. The van der Waals surface area contributed by atoms with Crippen LogP contribution in [-0.2, 0) is 6.61 Å². The van der Waals surface area contributed by atoms with Crippen molar-refractivity contribution < 1.29 is 18.8 Å². The minimum atomic E-state index is -0.593. The van der Waals surface area contributed by atoms with Crippen LogP contribution in [0.5, 0.6) is 5.75 Å². The topological polar surface area (TPSA) is 69.4 Å². The number of carbonyl (C=O) groups is 1. The molecule has 0 saturated heterocycles. The molecule has 0 amide bonds. The minimum Gasteiger partial charge on any atom is -0.489 e. The average Bonchev–Trinajstić information content (AvgIpc) is 2.45. The van der Waals surface area contributed by atoms with E-state index in [2.05, 4.69) is 0 Å². The number of rotatable bonds is 5. The summed E-state index contributed by atoms with van der Waals surface area (Å²) >= 11 is 5.91. The van der Waals surface area contributed by atoms with Gasteiger partial charge in [0.15, 0.2) is 0 Å². The van der Waals surface area contributed by atoms with E-state index in [0.29, 0.717) is 11.8 Å². The fraction of sp³-hybridized carbons (Fsp3) is 0.0714. The van der Waals surface area contributed by atoms with Gasteiger partial charge in [0, 0.05) is 29.3 Å². The van der Waals surface area contributed by atoms with Crippen molar-refractivity contribution in [3.8, 4) is 5.75 Å². The van der Waals surface area contributed by atoms with Crippen molar-refractivity contribution in [3.05, 3.63) is 68.5 Å². The molecule has 2 aromatic carbocycles. The molecule has 21 heavy (non-hydrogen) atoms. The SMILES string of the molecule is O=Cc1cc(F)cc(OCc2ccc([N+](=O)[O-])cc2Cl)c1. The van der Waals surface area contributed by atoms with Crippen LogP contribution in [-0.4, -0.2) is 11.2 Å². The number of nitrogens with zero attached hydrogens (tertiary/aromatic N) is 1. The van der Waals surface area contributed by atoms with Crippen molar-refractivity contribution in [1.29, 1.82) is 0 Å². The molecule has 0 unspecified atom stereocenters. The third kappa shape index (κ3) is 3.76. The van der Waals surface area contributed by atoms with Gasteiger partial charge in [-0.25, -0.2) is 4.39 Å². The van der Waals surface area contributed by atoms with E-state index in [-0.39, 0.29) is 28.6 Å². The molecule has 0 atom stereocenters. The second-order valence-corrected chi connectivity index (χ2v) is 4.57. The Kier molecular flexibility index (Phi) is 4.49. The number of ether oxygens (including phenoxy) is 1. The molecule has 0 aromatic heterocycles. The lowest BCUT2D eigenvalue weighted by Gasteiger charge is -2.08. The van der Waals surface area contributed by atoms with Gasteiger partial charge in [0.25, 0.3) is 5.69 Å². The molecule has 0 aliphatic carbocycles. The minimum absolute atomic E-state index is 0.00141. The standard InChI is InChI=1S/C14H9ClFNO4/c15-14-6-12(17(19)20)2-1-10(14)8-21-13-4-9(7-18)3-11(16)5-13/h1-7H,8H2. The van der Waals surface area contributed by atoms with Gasteiger partial charge in [-0.05, 0) is 18.2 Å². The average molecular weight is 310 g/mol. The molecule has 0 aliphatic heterocycles. The van der Waals surface area contributed by atoms with Crippen molar-refractivity contribution in [2.24, 2.45) is 0 Å². The molecule has 0 saturated carbocycles. The number of non-ortho nitro benzene ring substituents is 1. The maximum absolute atomic E-state index is 13.2. The van der Waals surface area contributed by atoms with Gasteiger partial charge >= 0.3 is 0 Å². The summed E-state index contributed by atoms with van der Waals surface area (Å²) in [6.07, 6.45) is 0.509. The summed E-state index contributed by atoms with van der Waals surface area (Å²) in [5, 5.41) is 10.8. The summed E-state index contributed by atoms with van der Waals surface area (Å²) in [5.41, 5.74) is 0.539. The summed E-state index contributed by atoms with van der Waals surface area (Å²) in [7, 11) is 0. The van der Waals surface area contributed by atoms with Crippen LogP contribution in [0.15, 0.2) is 36.4 Å². The van der Waals surface area contributed by atoms with Gasteiger partial charge in [-0.1, -0.05) is 11.6 Å². The summed E-state index contributed by atoms with van der Waals surface area (Å²) < 4.78 is 18.6. The molecule has 0 heterocycles. The summed E-state index contributed by atoms with van der Waals surface area (Å²) in [6.45, 7) is -0.00141. The number of carbonyl (C=O) groups excluding carboxylic acids is 1. The first-order valence-electron chi connectivity index (χ1n) is 5.81. The van der Waals surface area contributed by atoms with E-state index in [1.165, 1.54) is 24.3 Å². The fourth-order valence-electron chi connectivity index (χ4n) is 1.66. The van der Waals surface area contributed by atoms with E-state index in [1.807, 2.05) is 0 Å². The molecule has 0 spiro atoms. The van der Waals surface area contributed by atoms with Gasteiger partial charge in [0.05, 0.1) is 9.95 Å². The number of nitro benzene ring substituents is 1. The first-order valence-corrected chi connectivity index (χ1v) is 6.19. The monoisotopic (exact) mass is 309 g/mol. The van der Waals surface area contributed by atoms with Gasteiger partial charge in [-0.2, -0.15) is 0 Å². The molecule has 0 fully saturated rings. The number of nitro groups is 1. The smallest absolute Gasteiger partial charge is 0.270 e. The van der Waals surface area contributed by atoms with Crippen LogP contribution in [0.2, 0.25) is 5.02 Å². The summed E-state index contributed by atoms with van der Waals surface area (Å²) in [4.78, 5) is 20.7. The number of benzene rings is 2. The molecule has 108 valence electrons. The second-order valence-electron chi connectivity index (χ2n) is 4.16. The highest BCUT2D eigenvalue weighted by atomic mass is 35.5. The molecular weight excluding hydrogens is 301 g/mol. The van der Waals surface area contributed by atoms with Crippen molar-refractivity contribution in [1.82, 2.24) is 0 Å². The van der Waals surface area contributed by atoms with E-state index in [1.54, 1.807) is 0 Å². The first kappa shape index (κ1) is 14.9. The number of hydrogen-bond donors (Lipinski definition) is 0. The van der Waals surface area contributed by atoms with Gasteiger partial charge in [-0.3, -0.25) is 14.9 Å². The van der Waals surface area contributed by atoms with E-state index in [0.717, 1.165) is 12.1 Å². The van der Waals surface area contributed by atoms with Crippen LogP contribution >= 0.6 is 11.6 Å². The van der Waals surface area contributed by atoms with Crippen molar-refractivity contribution >= 4 is 23.6 Å². The second kappa shape index (κ2) is 6.32. The normalized spacial score (nSPS) is 10.2. The first-order chi connectivity index (χ1) is 9.99. The lowest BCUT2D eigenvalue weighted by molar-refractivity contribution is -0.384. The quantitative estimate of drug-likeness (QED) is 0.479. The van der Waals surface area contributed by atoms with Crippen molar-refractivity contribution in [2.75, 3.05) is 0 Å². The number of aldehydes is 1. The van der Waals surface area contributed by atoms with Crippen molar-refractivity contribution in [2.45, 2.75) is 6.61 Å². The zero-order valence-electron chi connectivity index (χ0n) is 10.6. The fourth-order valence-corrected chi connectivity index (χ4v) is 1.89. The lowest BCUT2D eigenvalue weighted by atomic mass is 10.2. The maximum atomic E-state index is 13.2. The largest absolute Gasteiger partial charge is 0.489 e. The predicted molar refractivity (Wildman–Crippen MR) is 74.2 cm³/mol. The molecule has 2 aromatic rings. The van der Waals surface area contributed by atoms with Crippen LogP contribution in [0.4, 0.5) is 10.1 Å². The van der Waals surface area contributed by atoms with E-state index in [9.17, 15) is 19.3 Å². The third-order valence-corrected chi connectivity index (χ3v) is 3.02. The van der Waals surface area contributed by atoms with Crippen LogP contribution in [0.3, 0.4) is 0 Å². The molecule has 0 N–H and O–H groups in total. The Labute approximate surface area is 124 Å². The van der Waals surface area contributed by atoms with Gasteiger partial charge in [0.2, 0.25) is 0 Å². The molecular formula is C14H9ClFNO4. The number of halogens is 2. The molecule has 7 heteroatoms. The van der Waals surface area contributed by atoms with Crippen LogP contribution in [0.25, 0.3) is 0 Å². The third-order valence-electron chi connectivity index (χ3n) is 2.67. The van der Waals surface area contributed by atoms with Crippen LogP contribution < -0.4 is 4.74 Å². The highest BCUT2D eigenvalue weighted by molar-refractivity contribution is 6.31. The van der Waals surface area contributed by atoms with Crippen LogP contribution in [0, 0.1) is 15.9 Å². The van der Waals surface area contributed by atoms with Crippen molar-refractivity contribution in [3.63, 3.8) is 0 Å². The van der Waals surface area contributed by atoms with Gasteiger partial charge in [0.1, 0.15) is 24.5 Å². The van der Waals surface area contributed by atoms with Gasteiger partial charge in [-0.15, -0.1) is 0 Å². The van der Waals surface area contributed by atoms with E-state index in [4.69, 9.17) is 16.3 Å². The molecule has 0 radical (unpaired) electrons.